The Hall–Kier alpha value is -4.32. The van der Waals surface area contributed by atoms with Crippen molar-refractivity contribution in [2.45, 2.75) is 32.2 Å². The van der Waals surface area contributed by atoms with Crippen LogP contribution in [0.25, 0.3) is 21.8 Å². The zero-order valence-electron chi connectivity index (χ0n) is 21.5. The summed E-state index contributed by atoms with van der Waals surface area (Å²) in [5.41, 5.74) is 2.88. The predicted molar refractivity (Wildman–Crippen MR) is 151 cm³/mol. The van der Waals surface area contributed by atoms with Gasteiger partial charge in [0.25, 0.3) is 0 Å². The zero-order chi connectivity index (χ0) is 25.9. The van der Waals surface area contributed by atoms with Gasteiger partial charge < -0.3 is 18.9 Å². The lowest BCUT2D eigenvalue weighted by molar-refractivity contribution is -0.117. The number of amides is 1. The molecule has 192 valence electrons. The Morgan fingerprint density at radius 2 is 1.68 bits per heavy atom. The first-order valence-corrected chi connectivity index (χ1v) is 13.3. The second kappa shape index (κ2) is 10.6. The predicted octanol–water partition coefficient (Wildman–Crippen LogP) is 6.58. The number of carbonyl (C=O) groups is 1. The minimum Gasteiger partial charge on any atom is -0.494 e. The quantitative estimate of drug-likeness (QED) is 0.212. The van der Waals surface area contributed by atoms with E-state index in [-0.39, 0.29) is 11.8 Å². The summed E-state index contributed by atoms with van der Waals surface area (Å²) in [6, 6.07) is 30.5. The van der Waals surface area contributed by atoms with Gasteiger partial charge in [-0.2, -0.15) is 0 Å². The molecule has 1 aliphatic rings. The first kappa shape index (κ1) is 24.0. The third-order valence-corrected chi connectivity index (χ3v) is 7.15. The number of aromatic nitrogens is 2. The van der Waals surface area contributed by atoms with E-state index >= 15 is 0 Å². The lowest BCUT2D eigenvalue weighted by Gasteiger charge is -2.20. The van der Waals surface area contributed by atoms with Gasteiger partial charge in [-0.1, -0.05) is 54.6 Å². The van der Waals surface area contributed by atoms with Gasteiger partial charge in [-0.15, -0.1) is 0 Å². The van der Waals surface area contributed by atoms with E-state index < -0.39 is 0 Å². The van der Waals surface area contributed by atoms with Crippen molar-refractivity contribution < 1.29 is 14.3 Å². The number of hydrogen-bond donors (Lipinski definition) is 0. The lowest BCUT2D eigenvalue weighted by atomic mass is 10.1. The Labute approximate surface area is 222 Å². The number of aryl methyl sites for hydroxylation is 1. The van der Waals surface area contributed by atoms with E-state index in [1.807, 2.05) is 72.5 Å². The maximum absolute atomic E-state index is 13.2. The van der Waals surface area contributed by atoms with Crippen LogP contribution in [0.2, 0.25) is 0 Å². The molecule has 1 atom stereocenters. The molecular weight excluding hydrogens is 474 g/mol. The highest BCUT2D eigenvalue weighted by Gasteiger charge is 2.35. The van der Waals surface area contributed by atoms with Crippen LogP contribution in [0.5, 0.6) is 11.5 Å². The molecule has 4 aromatic carbocycles. The fourth-order valence-electron chi connectivity index (χ4n) is 5.38. The zero-order valence-corrected chi connectivity index (χ0v) is 21.5. The summed E-state index contributed by atoms with van der Waals surface area (Å²) in [4.78, 5) is 20.0. The molecule has 1 fully saturated rings. The van der Waals surface area contributed by atoms with Crippen molar-refractivity contribution in [1.82, 2.24) is 9.55 Å². The number of benzene rings is 4. The first-order valence-electron chi connectivity index (χ1n) is 13.3. The van der Waals surface area contributed by atoms with Crippen molar-refractivity contribution in [1.29, 1.82) is 0 Å². The normalized spacial score (nSPS) is 15.4. The minimum absolute atomic E-state index is 0.00555. The minimum atomic E-state index is 0.00555. The van der Waals surface area contributed by atoms with Gasteiger partial charge in [-0.25, -0.2) is 4.98 Å². The van der Waals surface area contributed by atoms with Crippen LogP contribution in [-0.4, -0.2) is 35.2 Å². The molecule has 1 amide bonds. The highest BCUT2D eigenvalue weighted by Crippen LogP contribution is 2.37. The molecule has 0 radical (unpaired) electrons. The summed E-state index contributed by atoms with van der Waals surface area (Å²) >= 11 is 0. The van der Waals surface area contributed by atoms with Crippen LogP contribution < -0.4 is 14.4 Å². The molecule has 1 aliphatic heterocycles. The number of fused-ring (bicyclic) bond motifs is 2. The van der Waals surface area contributed by atoms with Crippen LogP contribution in [0.3, 0.4) is 0 Å². The van der Waals surface area contributed by atoms with E-state index in [2.05, 4.69) is 34.9 Å². The molecule has 0 saturated carbocycles. The molecule has 0 aliphatic carbocycles. The van der Waals surface area contributed by atoms with Crippen molar-refractivity contribution in [3.05, 3.63) is 96.8 Å². The highest BCUT2D eigenvalue weighted by atomic mass is 16.5. The fourth-order valence-corrected chi connectivity index (χ4v) is 5.38. The molecule has 0 bridgehead atoms. The van der Waals surface area contributed by atoms with Gasteiger partial charge in [-0.05, 0) is 60.5 Å². The third kappa shape index (κ3) is 4.70. The Morgan fingerprint density at radius 1 is 0.895 bits per heavy atom. The highest BCUT2D eigenvalue weighted by molar-refractivity contribution is 5.98. The van der Waals surface area contributed by atoms with Gasteiger partial charge >= 0.3 is 0 Å². The number of carbonyl (C=O) groups excluding carboxylic acids is 1. The fraction of sp³-hybridized carbons (Fsp3) is 0.250. The Morgan fingerprint density at radius 3 is 2.58 bits per heavy atom. The Kier molecular flexibility index (Phi) is 6.69. The van der Waals surface area contributed by atoms with Gasteiger partial charge in [0, 0.05) is 25.4 Å². The van der Waals surface area contributed by atoms with Crippen molar-refractivity contribution in [2.24, 2.45) is 0 Å². The van der Waals surface area contributed by atoms with E-state index in [9.17, 15) is 4.79 Å². The summed E-state index contributed by atoms with van der Waals surface area (Å²) in [5.74, 6) is 2.68. The Balaban J connectivity index is 1.20. The summed E-state index contributed by atoms with van der Waals surface area (Å²) in [6.07, 6.45) is 1.26. The van der Waals surface area contributed by atoms with Crippen molar-refractivity contribution in [3.63, 3.8) is 0 Å². The SMILES string of the molecule is CCOc1ccccc1N1CC(c2nc3ccccc3n2CCCOc2ccc3ccccc3c2)CC1=O. The second-order valence-corrected chi connectivity index (χ2v) is 9.63. The van der Waals surface area contributed by atoms with Crippen molar-refractivity contribution in [2.75, 3.05) is 24.7 Å². The number of nitrogens with zero attached hydrogens (tertiary/aromatic N) is 3. The molecule has 38 heavy (non-hydrogen) atoms. The smallest absolute Gasteiger partial charge is 0.227 e. The van der Waals surface area contributed by atoms with Crippen LogP contribution in [-0.2, 0) is 11.3 Å². The van der Waals surface area contributed by atoms with Crippen molar-refractivity contribution in [3.8, 4) is 11.5 Å². The standard InChI is InChI=1S/C32H31N3O3/c1-2-37-30-15-8-7-14-29(30)35-22-25(21-31(35)36)32-33-27-12-5-6-13-28(27)34(32)18-9-19-38-26-17-16-23-10-3-4-11-24(23)20-26/h3-8,10-17,20,25H,2,9,18-19,21-22H2,1H3. The van der Waals surface area contributed by atoms with E-state index in [0.29, 0.717) is 26.2 Å². The average Bonchev–Trinajstić information content (AvgIpc) is 3.52. The molecule has 1 saturated heterocycles. The van der Waals surface area contributed by atoms with Gasteiger partial charge in [-0.3, -0.25) is 4.79 Å². The molecule has 5 aromatic rings. The van der Waals surface area contributed by atoms with Gasteiger partial charge in [0.15, 0.2) is 0 Å². The van der Waals surface area contributed by atoms with Crippen LogP contribution in [0.1, 0.15) is 31.5 Å². The third-order valence-electron chi connectivity index (χ3n) is 7.15. The van der Waals surface area contributed by atoms with Crippen LogP contribution in [0.4, 0.5) is 5.69 Å². The van der Waals surface area contributed by atoms with Crippen molar-refractivity contribution >= 4 is 33.4 Å². The number of ether oxygens (including phenoxy) is 2. The summed E-state index contributed by atoms with van der Waals surface area (Å²) < 4.78 is 14.2. The van der Waals surface area contributed by atoms with E-state index in [1.54, 1.807) is 0 Å². The number of imidazole rings is 1. The van der Waals surface area contributed by atoms with Gasteiger partial charge in [0.1, 0.15) is 17.3 Å². The van der Waals surface area contributed by atoms with E-state index in [0.717, 1.165) is 47.0 Å². The molecule has 1 aromatic heterocycles. The summed E-state index contributed by atoms with van der Waals surface area (Å²) in [5, 5.41) is 2.38. The summed E-state index contributed by atoms with van der Waals surface area (Å²) in [7, 11) is 0. The molecule has 1 unspecified atom stereocenters. The molecule has 6 heteroatoms. The Bertz CT molecular complexity index is 1590. The number of para-hydroxylation sites is 4. The lowest BCUT2D eigenvalue weighted by Crippen LogP contribution is -2.25. The molecule has 2 heterocycles. The number of hydrogen-bond acceptors (Lipinski definition) is 4. The monoisotopic (exact) mass is 505 g/mol. The van der Waals surface area contributed by atoms with E-state index in [1.165, 1.54) is 10.8 Å². The average molecular weight is 506 g/mol. The first-order chi connectivity index (χ1) is 18.7. The van der Waals surface area contributed by atoms with Crippen LogP contribution in [0, 0.1) is 0 Å². The van der Waals surface area contributed by atoms with Gasteiger partial charge in [0.05, 0.1) is 29.9 Å². The molecule has 6 nitrogen and oxygen atoms in total. The molecule has 6 rings (SSSR count). The van der Waals surface area contributed by atoms with Gasteiger partial charge in [0.2, 0.25) is 5.91 Å². The largest absolute Gasteiger partial charge is 0.494 e. The second-order valence-electron chi connectivity index (χ2n) is 9.63. The topological polar surface area (TPSA) is 56.6 Å². The summed E-state index contributed by atoms with van der Waals surface area (Å²) in [6.45, 7) is 4.46. The number of anilines is 1. The van der Waals surface area contributed by atoms with Crippen LogP contribution in [0.15, 0.2) is 91.0 Å². The molecule has 0 N–H and O–H groups in total. The molecular formula is C32H31N3O3. The maximum atomic E-state index is 13.2. The number of rotatable bonds is 9. The molecule has 0 spiro atoms. The maximum Gasteiger partial charge on any atom is 0.227 e. The van der Waals surface area contributed by atoms with Crippen LogP contribution >= 0.6 is 0 Å². The van der Waals surface area contributed by atoms with E-state index in [4.69, 9.17) is 14.5 Å².